The van der Waals surface area contributed by atoms with Crippen LogP contribution in [0.15, 0.2) is 81.9 Å². The quantitative estimate of drug-likeness (QED) is 0.0784. The van der Waals surface area contributed by atoms with Crippen LogP contribution in [0.1, 0.15) is 50.5 Å². The van der Waals surface area contributed by atoms with Crippen molar-refractivity contribution in [1.82, 2.24) is 10.6 Å². The first-order valence-corrected chi connectivity index (χ1v) is 13.8. The van der Waals surface area contributed by atoms with Gasteiger partial charge in [0.05, 0.1) is 12.1 Å². The number of amides is 1. The second-order valence-corrected chi connectivity index (χ2v) is 10.4. The second kappa shape index (κ2) is 13.9. The fourth-order valence-electron chi connectivity index (χ4n) is 4.01. The predicted molar refractivity (Wildman–Crippen MR) is 157 cm³/mol. The summed E-state index contributed by atoms with van der Waals surface area (Å²) in [6, 6.07) is 8.83. The first kappa shape index (κ1) is 30.6. The number of nitrogens with two attached hydrogens (primary N) is 3. The van der Waals surface area contributed by atoms with Crippen LogP contribution in [0, 0.1) is 0 Å². The lowest BCUT2D eigenvalue weighted by Gasteiger charge is -2.21. The number of nitrogens with one attached hydrogen (secondary N) is 2. The highest BCUT2D eigenvalue weighted by Crippen LogP contribution is 2.31. The second-order valence-electron chi connectivity index (χ2n) is 9.22. The van der Waals surface area contributed by atoms with E-state index in [1.807, 2.05) is 31.2 Å². The Morgan fingerprint density at radius 1 is 1.18 bits per heavy atom. The number of hydrogen-bond donors (Lipinski definition) is 5. The molecule has 11 heteroatoms. The van der Waals surface area contributed by atoms with E-state index >= 15 is 0 Å². The minimum Gasteiger partial charge on any atom is -0.398 e. The molecule has 0 fully saturated rings. The minimum absolute atomic E-state index is 0.0173. The van der Waals surface area contributed by atoms with E-state index in [1.54, 1.807) is 19.9 Å². The summed E-state index contributed by atoms with van der Waals surface area (Å²) in [5, 5.41) is 5.71. The van der Waals surface area contributed by atoms with E-state index in [0.29, 0.717) is 29.2 Å². The maximum atomic E-state index is 14.2. The normalized spacial score (nSPS) is 15.9. The fourth-order valence-corrected chi connectivity index (χ4v) is 4.96. The maximum Gasteiger partial charge on any atom is 0.255 e. The van der Waals surface area contributed by atoms with E-state index in [0.717, 1.165) is 27.5 Å². The van der Waals surface area contributed by atoms with Crippen LogP contribution in [0.4, 0.5) is 18.9 Å². The summed E-state index contributed by atoms with van der Waals surface area (Å²) in [6.45, 7) is 5.98. The first-order valence-electron chi connectivity index (χ1n) is 13.0. The number of halogens is 3. The number of amidine groups is 1. The van der Waals surface area contributed by atoms with Crippen molar-refractivity contribution in [2.45, 2.75) is 52.6 Å². The van der Waals surface area contributed by atoms with Crippen molar-refractivity contribution >= 4 is 28.8 Å². The third kappa shape index (κ3) is 7.78. The molecule has 0 saturated heterocycles. The Balaban J connectivity index is 1.77. The molecule has 40 heavy (non-hydrogen) atoms. The number of carbonyl (C=O) groups excluding carboxylic acids is 1. The van der Waals surface area contributed by atoms with Gasteiger partial charge >= 0.3 is 0 Å². The molecule has 7 nitrogen and oxygen atoms in total. The van der Waals surface area contributed by atoms with E-state index < -0.39 is 29.4 Å². The number of aliphatic imine (C=N–C) groups is 1. The summed E-state index contributed by atoms with van der Waals surface area (Å²) in [7, 11) is 0. The number of nitrogen functional groups attached to an aromatic ring is 1. The van der Waals surface area contributed by atoms with Gasteiger partial charge in [0.15, 0.2) is 5.83 Å². The van der Waals surface area contributed by atoms with Crippen molar-refractivity contribution < 1.29 is 18.0 Å². The monoisotopic (exact) mass is 572 g/mol. The van der Waals surface area contributed by atoms with Gasteiger partial charge in [-0.05, 0) is 74.2 Å². The Kier molecular flexibility index (Phi) is 10.6. The molecule has 1 aliphatic rings. The number of carbonyl (C=O) groups is 1. The highest BCUT2D eigenvalue weighted by Gasteiger charge is 2.21. The molecule has 0 saturated carbocycles. The molecule has 0 bridgehead atoms. The van der Waals surface area contributed by atoms with E-state index in [1.165, 1.54) is 11.3 Å². The SMILES string of the molecule is CCN=C(N)c1cc(-c2ccc(CN/C(N)=C(/C=C(/F)CC)C(=O)N[C@@H](C)C3=CC(F)=C(F)CC3)s2)ccc1N. The zero-order chi connectivity index (χ0) is 29.4. The predicted octanol–water partition coefficient (Wildman–Crippen LogP) is 5.62. The minimum atomic E-state index is -0.945. The number of hydrogen-bond acceptors (Lipinski definition) is 6. The smallest absolute Gasteiger partial charge is 0.255 e. The molecule has 2 aromatic rings. The number of nitrogens with zero attached hydrogens (tertiary/aromatic N) is 1. The number of benzene rings is 1. The third-order valence-electron chi connectivity index (χ3n) is 6.34. The van der Waals surface area contributed by atoms with Gasteiger partial charge < -0.3 is 27.8 Å². The lowest BCUT2D eigenvalue weighted by Crippen LogP contribution is -2.37. The number of thiophene rings is 1. The molecular weight excluding hydrogens is 537 g/mol. The van der Waals surface area contributed by atoms with Gasteiger partial charge in [-0.15, -0.1) is 11.3 Å². The Labute approximate surface area is 236 Å². The van der Waals surface area contributed by atoms with E-state index in [2.05, 4.69) is 15.6 Å². The molecule has 1 atom stereocenters. The Morgan fingerprint density at radius 2 is 1.93 bits per heavy atom. The highest BCUT2D eigenvalue weighted by molar-refractivity contribution is 7.15. The molecule has 0 radical (unpaired) electrons. The van der Waals surface area contributed by atoms with Gasteiger partial charge in [-0.3, -0.25) is 9.79 Å². The lowest BCUT2D eigenvalue weighted by molar-refractivity contribution is -0.117. The summed E-state index contributed by atoms with van der Waals surface area (Å²) in [4.78, 5) is 19.2. The van der Waals surface area contributed by atoms with Gasteiger partial charge in [-0.2, -0.15) is 0 Å². The summed E-state index contributed by atoms with van der Waals surface area (Å²) in [5.41, 5.74) is 20.9. The van der Waals surface area contributed by atoms with E-state index in [4.69, 9.17) is 17.2 Å². The summed E-state index contributed by atoms with van der Waals surface area (Å²) in [5.74, 6) is -2.56. The fraction of sp³-hybridized carbons (Fsp3) is 0.310. The maximum absolute atomic E-state index is 14.2. The van der Waals surface area contributed by atoms with Gasteiger partial charge in [0.2, 0.25) is 0 Å². The van der Waals surface area contributed by atoms with Crippen LogP contribution >= 0.6 is 11.3 Å². The number of allylic oxidation sites excluding steroid dienone is 4. The molecule has 1 aliphatic carbocycles. The van der Waals surface area contributed by atoms with Gasteiger partial charge in [0.25, 0.3) is 5.91 Å². The molecule has 1 aromatic heterocycles. The van der Waals surface area contributed by atoms with Crippen LogP contribution in [-0.4, -0.2) is 24.3 Å². The van der Waals surface area contributed by atoms with Crippen molar-refractivity contribution in [1.29, 1.82) is 0 Å². The summed E-state index contributed by atoms with van der Waals surface area (Å²) >= 11 is 1.51. The Morgan fingerprint density at radius 3 is 2.60 bits per heavy atom. The molecular formula is C29H35F3N6OS. The topological polar surface area (TPSA) is 132 Å². The number of rotatable bonds is 11. The van der Waals surface area contributed by atoms with Crippen LogP contribution in [0.5, 0.6) is 0 Å². The van der Waals surface area contributed by atoms with Gasteiger partial charge in [0, 0.05) is 40.0 Å². The highest BCUT2D eigenvalue weighted by atomic mass is 32.1. The summed E-state index contributed by atoms with van der Waals surface area (Å²) in [6.07, 6.45) is 2.43. The van der Waals surface area contributed by atoms with Crippen molar-refractivity contribution in [3.63, 3.8) is 0 Å². The van der Waals surface area contributed by atoms with E-state index in [-0.39, 0.29) is 37.2 Å². The molecule has 214 valence electrons. The lowest BCUT2D eigenvalue weighted by atomic mass is 9.97. The van der Waals surface area contributed by atoms with Crippen molar-refractivity contribution in [2.75, 3.05) is 12.3 Å². The average Bonchev–Trinajstić information content (AvgIpc) is 3.41. The molecule has 0 spiro atoms. The Hall–Kier alpha value is -3.99. The van der Waals surface area contributed by atoms with Crippen molar-refractivity contribution in [3.05, 3.63) is 87.4 Å². The van der Waals surface area contributed by atoms with Crippen LogP contribution in [0.25, 0.3) is 10.4 Å². The zero-order valence-electron chi connectivity index (χ0n) is 22.8. The zero-order valence-corrected chi connectivity index (χ0v) is 23.6. The molecule has 8 N–H and O–H groups in total. The molecule has 0 unspecified atom stereocenters. The van der Waals surface area contributed by atoms with Crippen LogP contribution in [-0.2, 0) is 11.3 Å². The van der Waals surface area contributed by atoms with Gasteiger partial charge in [-0.25, -0.2) is 13.2 Å². The molecule has 1 aromatic carbocycles. The number of anilines is 1. The first-order chi connectivity index (χ1) is 19.0. The van der Waals surface area contributed by atoms with E-state index in [9.17, 15) is 18.0 Å². The van der Waals surface area contributed by atoms with Crippen LogP contribution in [0.3, 0.4) is 0 Å². The molecule has 1 heterocycles. The van der Waals surface area contributed by atoms with Crippen LogP contribution < -0.4 is 27.8 Å². The van der Waals surface area contributed by atoms with Crippen LogP contribution in [0.2, 0.25) is 0 Å². The van der Waals surface area contributed by atoms with Gasteiger partial charge in [-0.1, -0.05) is 13.0 Å². The summed E-state index contributed by atoms with van der Waals surface area (Å²) < 4.78 is 41.3. The Bertz CT molecular complexity index is 1410. The van der Waals surface area contributed by atoms with Crippen molar-refractivity contribution in [3.8, 4) is 10.4 Å². The standard InChI is InChI=1S/C29H35F3N6OS/c1-4-19(30)14-22(29(39)38-16(3)17-6-9-23(31)24(32)13-17)28(35)37-15-20-8-11-26(40-20)18-7-10-25(33)21(12-18)27(34)36-5-2/h7-8,10-14,16,37H,4-6,9,15,33,35H2,1-3H3,(H2,34,36)(H,38,39)/b19-14+,28-22-/t16-/m0/s1. The van der Waals surface area contributed by atoms with Crippen molar-refractivity contribution in [2.24, 2.45) is 16.5 Å². The molecule has 1 amide bonds. The molecule has 0 aliphatic heterocycles. The third-order valence-corrected chi connectivity index (χ3v) is 7.47. The largest absolute Gasteiger partial charge is 0.398 e. The average molecular weight is 573 g/mol. The molecule has 3 rings (SSSR count). The van der Waals surface area contributed by atoms with Gasteiger partial charge in [0.1, 0.15) is 23.3 Å².